The van der Waals surface area contributed by atoms with Gasteiger partial charge in [0.15, 0.2) is 0 Å². The number of benzene rings is 1. The summed E-state index contributed by atoms with van der Waals surface area (Å²) >= 11 is 0. The van der Waals surface area contributed by atoms with Crippen molar-refractivity contribution in [3.63, 3.8) is 0 Å². The Morgan fingerprint density at radius 3 is 2.57 bits per heavy atom. The highest BCUT2D eigenvalue weighted by Gasteiger charge is 2.04. The van der Waals surface area contributed by atoms with Crippen LogP contribution in [0.3, 0.4) is 0 Å². The Balaban J connectivity index is 0.00000169. The molecule has 0 aromatic heterocycles. The van der Waals surface area contributed by atoms with Gasteiger partial charge in [0.1, 0.15) is 0 Å². The summed E-state index contributed by atoms with van der Waals surface area (Å²) in [5, 5.41) is 13.4. The molecule has 1 rings (SSSR count). The van der Waals surface area contributed by atoms with Crippen molar-refractivity contribution in [1.82, 2.24) is 0 Å². The zero-order valence-electron chi connectivity index (χ0n) is 7.27. The number of hydrogen-bond acceptors (Lipinski definition) is 4. The van der Waals surface area contributed by atoms with Crippen LogP contribution < -0.4 is 10.6 Å². The first-order valence-electron chi connectivity index (χ1n) is 3.51. The second kappa shape index (κ2) is 4.91. The third-order valence-electron chi connectivity index (χ3n) is 1.42. The van der Waals surface area contributed by atoms with E-state index in [0.29, 0.717) is 11.3 Å². The first-order chi connectivity index (χ1) is 6.01. The predicted octanol–water partition coefficient (Wildman–Crippen LogP) is -0.548. The molecular weight excluding hydrogens is 208 g/mol. The zero-order chi connectivity index (χ0) is 9.90. The third-order valence-corrected chi connectivity index (χ3v) is 2.16. The van der Waals surface area contributed by atoms with Crippen LogP contribution in [-0.4, -0.2) is 19.1 Å². The minimum atomic E-state index is -3.51. The van der Waals surface area contributed by atoms with Gasteiger partial charge >= 0.3 is 0 Å². The van der Waals surface area contributed by atoms with E-state index in [1.165, 1.54) is 6.07 Å². The number of anilines is 1. The van der Waals surface area contributed by atoms with Crippen LogP contribution in [0.25, 0.3) is 0 Å². The van der Waals surface area contributed by atoms with E-state index in [-0.39, 0.29) is 11.2 Å². The SMILES string of the molecule is NS(=O)(=O)Cc1cccc(NO)c1.O. The standard InChI is InChI=1S/C7H10N2O3S.H2O/c8-13(11,12)5-6-2-1-3-7(4-6)9-10;/h1-4,9-10H,5H2,(H2,8,11,12);1H2. The van der Waals surface area contributed by atoms with E-state index in [4.69, 9.17) is 10.3 Å². The summed E-state index contributed by atoms with van der Waals surface area (Å²) in [6, 6.07) is 6.35. The molecule has 0 aliphatic heterocycles. The van der Waals surface area contributed by atoms with Gasteiger partial charge in [-0.25, -0.2) is 13.6 Å². The first kappa shape index (κ1) is 12.8. The molecule has 6 nitrogen and oxygen atoms in total. The van der Waals surface area contributed by atoms with Gasteiger partial charge in [-0.05, 0) is 17.7 Å². The van der Waals surface area contributed by atoms with Gasteiger partial charge in [-0.15, -0.1) is 0 Å². The summed E-state index contributed by atoms with van der Waals surface area (Å²) in [6.45, 7) is 0. The largest absolute Gasteiger partial charge is 0.412 e. The molecule has 7 heteroatoms. The molecule has 0 atom stereocenters. The molecule has 0 aliphatic rings. The molecule has 0 amide bonds. The fourth-order valence-electron chi connectivity index (χ4n) is 0.963. The molecule has 0 unspecified atom stereocenters. The summed E-state index contributed by atoms with van der Waals surface area (Å²) < 4.78 is 21.4. The molecule has 0 fully saturated rings. The van der Waals surface area contributed by atoms with Crippen LogP contribution in [0.2, 0.25) is 0 Å². The molecule has 6 N–H and O–H groups in total. The molecule has 0 aliphatic carbocycles. The van der Waals surface area contributed by atoms with Crippen molar-refractivity contribution in [2.45, 2.75) is 5.75 Å². The fraction of sp³-hybridized carbons (Fsp3) is 0.143. The Labute approximate surface area is 81.7 Å². The Kier molecular flexibility index (Phi) is 4.51. The van der Waals surface area contributed by atoms with Crippen molar-refractivity contribution in [2.75, 3.05) is 5.48 Å². The zero-order valence-corrected chi connectivity index (χ0v) is 8.08. The van der Waals surface area contributed by atoms with E-state index in [1.807, 2.05) is 5.48 Å². The molecular formula is C7H12N2O4S. The van der Waals surface area contributed by atoms with Gasteiger partial charge in [0.2, 0.25) is 10.0 Å². The summed E-state index contributed by atoms with van der Waals surface area (Å²) in [6.07, 6.45) is 0. The lowest BCUT2D eigenvalue weighted by atomic mass is 10.2. The number of nitrogens with two attached hydrogens (primary N) is 1. The lowest BCUT2D eigenvalue weighted by Crippen LogP contribution is -2.14. The van der Waals surface area contributed by atoms with Crippen LogP contribution in [0.4, 0.5) is 5.69 Å². The molecule has 80 valence electrons. The lowest BCUT2D eigenvalue weighted by Gasteiger charge is -2.02. The van der Waals surface area contributed by atoms with Crippen LogP contribution in [0.1, 0.15) is 5.56 Å². The van der Waals surface area contributed by atoms with Gasteiger partial charge in [-0.1, -0.05) is 12.1 Å². The van der Waals surface area contributed by atoms with E-state index < -0.39 is 10.0 Å². The van der Waals surface area contributed by atoms with Crippen LogP contribution in [0, 0.1) is 0 Å². The Hall–Kier alpha value is -1.15. The number of rotatable bonds is 3. The lowest BCUT2D eigenvalue weighted by molar-refractivity contribution is 0.389. The van der Waals surface area contributed by atoms with Gasteiger partial charge in [0.25, 0.3) is 0 Å². The maximum atomic E-state index is 10.7. The molecule has 0 radical (unpaired) electrons. The highest BCUT2D eigenvalue weighted by Crippen LogP contribution is 2.11. The van der Waals surface area contributed by atoms with Crippen LogP contribution in [0.5, 0.6) is 0 Å². The van der Waals surface area contributed by atoms with E-state index in [1.54, 1.807) is 18.2 Å². The number of sulfonamides is 1. The Morgan fingerprint density at radius 1 is 1.43 bits per heavy atom. The number of primary sulfonamides is 1. The second-order valence-electron chi connectivity index (χ2n) is 2.62. The summed E-state index contributed by atoms with van der Waals surface area (Å²) in [7, 11) is -3.51. The molecule has 14 heavy (non-hydrogen) atoms. The molecule has 0 bridgehead atoms. The maximum absolute atomic E-state index is 10.7. The van der Waals surface area contributed by atoms with Gasteiger partial charge in [-0.2, -0.15) is 0 Å². The van der Waals surface area contributed by atoms with E-state index in [2.05, 4.69) is 0 Å². The monoisotopic (exact) mass is 220 g/mol. The number of hydrogen-bond donors (Lipinski definition) is 3. The fourth-order valence-corrected chi connectivity index (χ4v) is 1.61. The molecule has 0 saturated carbocycles. The molecule has 1 aromatic rings. The minimum absolute atomic E-state index is 0. The third kappa shape index (κ3) is 4.19. The second-order valence-corrected chi connectivity index (χ2v) is 4.23. The normalized spacial score (nSPS) is 10.4. The van der Waals surface area contributed by atoms with Gasteiger partial charge < -0.3 is 5.48 Å². The quantitative estimate of drug-likeness (QED) is 0.591. The van der Waals surface area contributed by atoms with Crippen molar-refractivity contribution >= 4 is 15.7 Å². The van der Waals surface area contributed by atoms with Crippen molar-refractivity contribution in [2.24, 2.45) is 5.14 Å². The summed E-state index contributed by atoms with van der Waals surface area (Å²) in [5.41, 5.74) is 2.88. The molecule has 0 heterocycles. The maximum Gasteiger partial charge on any atom is 0.213 e. The van der Waals surface area contributed by atoms with Crippen molar-refractivity contribution in [1.29, 1.82) is 0 Å². The summed E-state index contributed by atoms with van der Waals surface area (Å²) in [5.74, 6) is -0.234. The topological polar surface area (TPSA) is 124 Å². The van der Waals surface area contributed by atoms with E-state index in [0.717, 1.165) is 0 Å². The van der Waals surface area contributed by atoms with E-state index >= 15 is 0 Å². The first-order valence-corrected chi connectivity index (χ1v) is 5.22. The molecule has 0 saturated heterocycles. The highest BCUT2D eigenvalue weighted by atomic mass is 32.2. The Morgan fingerprint density at radius 2 is 2.07 bits per heavy atom. The van der Waals surface area contributed by atoms with Crippen molar-refractivity contribution < 1.29 is 19.1 Å². The molecule has 0 spiro atoms. The minimum Gasteiger partial charge on any atom is -0.412 e. The Bertz CT molecular complexity index is 390. The highest BCUT2D eigenvalue weighted by molar-refractivity contribution is 7.88. The summed E-state index contributed by atoms with van der Waals surface area (Å²) in [4.78, 5) is 0. The number of nitrogens with one attached hydrogen (secondary N) is 1. The average Bonchev–Trinajstić information content (AvgIpc) is 2.01. The van der Waals surface area contributed by atoms with Crippen LogP contribution in [0.15, 0.2) is 24.3 Å². The van der Waals surface area contributed by atoms with Crippen molar-refractivity contribution in [3.05, 3.63) is 29.8 Å². The van der Waals surface area contributed by atoms with Crippen LogP contribution in [-0.2, 0) is 15.8 Å². The molecule has 1 aromatic carbocycles. The van der Waals surface area contributed by atoms with Crippen molar-refractivity contribution in [3.8, 4) is 0 Å². The van der Waals surface area contributed by atoms with E-state index in [9.17, 15) is 8.42 Å². The van der Waals surface area contributed by atoms with Gasteiger partial charge in [-0.3, -0.25) is 10.7 Å². The van der Waals surface area contributed by atoms with Gasteiger partial charge in [0, 0.05) is 0 Å². The predicted molar refractivity (Wildman–Crippen MR) is 52.3 cm³/mol. The van der Waals surface area contributed by atoms with Gasteiger partial charge in [0.05, 0.1) is 11.4 Å². The average molecular weight is 220 g/mol. The van der Waals surface area contributed by atoms with Crippen LogP contribution >= 0.6 is 0 Å². The smallest absolute Gasteiger partial charge is 0.213 e.